The monoisotopic (exact) mass is 328 g/mol. The molecule has 1 unspecified atom stereocenters. The molecule has 0 radical (unpaired) electrons. The van der Waals surface area contributed by atoms with Gasteiger partial charge in [-0.15, -0.1) is 0 Å². The predicted octanol–water partition coefficient (Wildman–Crippen LogP) is 3.04. The number of carbonyl (C=O) groups excluding carboxylic acids is 1. The van der Waals surface area contributed by atoms with E-state index in [1.54, 1.807) is 6.20 Å². The Bertz CT molecular complexity index is 654. The molecule has 1 aromatic heterocycles. The summed E-state index contributed by atoms with van der Waals surface area (Å²) in [6.45, 7) is 1.02. The van der Waals surface area contributed by atoms with Crippen LogP contribution in [-0.2, 0) is 11.2 Å². The molecule has 2 heterocycles. The van der Waals surface area contributed by atoms with E-state index in [1.807, 2.05) is 35.2 Å². The summed E-state index contributed by atoms with van der Waals surface area (Å²) in [5.74, 6) is 1.50. The minimum Gasteiger partial charge on any atom is -0.441 e. The van der Waals surface area contributed by atoms with E-state index in [-0.39, 0.29) is 18.6 Å². The van der Waals surface area contributed by atoms with Crippen molar-refractivity contribution in [3.05, 3.63) is 42.4 Å². The average molecular weight is 328 g/mol. The number of aromatic nitrogens is 1. The fourth-order valence-electron chi connectivity index (χ4n) is 3.31. The summed E-state index contributed by atoms with van der Waals surface area (Å²) < 4.78 is 5.76. The minimum absolute atomic E-state index is 0.162. The largest absolute Gasteiger partial charge is 0.441 e. The SMILES string of the molecule is O=C(CCc1ncc(-c2ccccc2)o1)N1CCCC1CCCO. The van der Waals surface area contributed by atoms with Gasteiger partial charge in [0.05, 0.1) is 6.20 Å². The zero-order chi connectivity index (χ0) is 16.8. The Morgan fingerprint density at radius 3 is 2.96 bits per heavy atom. The Morgan fingerprint density at radius 2 is 2.17 bits per heavy atom. The Morgan fingerprint density at radius 1 is 1.33 bits per heavy atom. The van der Waals surface area contributed by atoms with Crippen molar-refractivity contribution in [2.45, 2.75) is 44.6 Å². The molecular weight excluding hydrogens is 304 g/mol. The first-order chi connectivity index (χ1) is 11.8. The minimum atomic E-state index is 0.162. The van der Waals surface area contributed by atoms with Gasteiger partial charge in [0.1, 0.15) is 0 Å². The van der Waals surface area contributed by atoms with Gasteiger partial charge in [-0.1, -0.05) is 30.3 Å². The van der Waals surface area contributed by atoms with Crippen LogP contribution in [0.25, 0.3) is 11.3 Å². The van der Waals surface area contributed by atoms with Gasteiger partial charge >= 0.3 is 0 Å². The first kappa shape index (κ1) is 16.7. The number of hydrogen-bond acceptors (Lipinski definition) is 4. The second kappa shape index (κ2) is 8.11. The number of nitrogens with zero attached hydrogens (tertiary/aromatic N) is 2. The lowest BCUT2D eigenvalue weighted by Gasteiger charge is -2.24. The van der Waals surface area contributed by atoms with E-state index < -0.39 is 0 Å². The third-order valence-electron chi connectivity index (χ3n) is 4.56. The van der Waals surface area contributed by atoms with Crippen LogP contribution < -0.4 is 0 Å². The highest BCUT2D eigenvalue weighted by Gasteiger charge is 2.27. The number of carbonyl (C=O) groups is 1. The molecule has 0 spiro atoms. The van der Waals surface area contributed by atoms with Gasteiger partial charge in [0, 0.05) is 37.6 Å². The number of aliphatic hydroxyl groups excluding tert-OH is 1. The first-order valence-corrected chi connectivity index (χ1v) is 8.68. The molecular formula is C19H24N2O3. The van der Waals surface area contributed by atoms with Gasteiger partial charge in [0.25, 0.3) is 0 Å². The van der Waals surface area contributed by atoms with Gasteiger partial charge in [-0.2, -0.15) is 0 Å². The molecule has 1 aliphatic rings. The Hall–Kier alpha value is -2.14. The van der Waals surface area contributed by atoms with E-state index in [0.29, 0.717) is 18.7 Å². The molecule has 1 aliphatic heterocycles. The molecule has 0 saturated carbocycles. The maximum atomic E-state index is 12.5. The maximum Gasteiger partial charge on any atom is 0.223 e. The Kier molecular flexibility index (Phi) is 5.64. The van der Waals surface area contributed by atoms with Crippen LogP contribution in [0.2, 0.25) is 0 Å². The van der Waals surface area contributed by atoms with Gasteiger partial charge in [-0.25, -0.2) is 4.98 Å². The van der Waals surface area contributed by atoms with Crippen molar-refractivity contribution in [3.8, 4) is 11.3 Å². The predicted molar refractivity (Wildman–Crippen MR) is 91.3 cm³/mol. The van der Waals surface area contributed by atoms with Crippen LogP contribution in [0, 0.1) is 0 Å². The van der Waals surface area contributed by atoms with Gasteiger partial charge in [-0.3, -0.25) is 4.79 Å². The van der Waals surface area contributed by atoms with E-state index in [9.17, 15) is 4.79 Å². The molecule has 0 aliphatic carbocycles. The van der Waals surface area contributed by atoms with Crippen molar-refractivity contribution in [3.63, 3.8) is 0 Å². The van der Waals surface area contributed by atoms with Crippen molar-refractivity contribution in [1.29, 1.82) is 0 Å². The van der Waals surface area contributed by atoms with Crippen LogP contribution in [0.5, 0.6) is 0 Å². The highest BCUT2D eigenvalue weighted by molar-refractivity contribution is 5.77. The lowest BCUT2D eigenvalue weighted by molar-refractivity contribution is -0.132. The summed E-state index contributed by atoms with van der Waals surface area (Å²) in [7, 11) is 0. The summed E-state index contributed by atoms with van der Waals surface area (Å²) >= 11 is 0. The molecule has 5 heteroatoms. The van der Waals surface area contributed by atoms with Gasteiger partial charge in [-0.05, 0) is 25.7 Å². The average Bonchev–Trinajstić information content (AvgIpc) is 3.28. The van der Waals surface area contributed by atoms with Gasteiger partial charge < -0.3 is 14.4 Å². The molecule has 1 aromatic carbocycles. The molecule has 1 fully saturated rings. The van der Waals surface area contributed by atoms with Crippen LogP contribution in [0.4, 0.5) is 0 Å². The van der Waals surface area contributed by atoms with Crippen molar-refractivity contribution < 1.29 is 14.3 Å². The normalized spacial score (nSPS) is 17.4. The van der Waals surface area contributed by atoms with E-state index in [1.165, 1.54) is 0 Å². The molecule has 2 aromatic rings. The lowest BCUT2D eigenvalue weighted by atomic mass is 10.1. The number of amides is 1. The summed E-state index contributed by atoms with van der Waals surface area (Å²) in [5.41, 5.74) is 0.992. The Balaban J connectivity index is 1.54. The zero-order valence-corrected chi connectivity index (χ0v) is 13.9. The topological polar surface area (TPSA) is 66.6 Å². The molecule has 1 atom stereocenters. The molecule has 24 heavy (non-hydrogen) atoms. The maximum absolute atomic E-state index is 12.5. The molecule has 1 saturated heterocycles. The number of likely N-dealkylation sites (tertiary alicyclic amines) is 1. The van der Waals surface area contributed by atoms with Crippen molar-refractivity contribution in [1.82, 2.24) is 9.88 Å². The van der Waals surface area contributed by atoms with Crippen LogP contribution in [0.1, 0.15) is 38.0 Å². The van der Waals surface area contributed by atoms with Crippen LogP contribution >= 0.6 is 0 Å². The molecule has 128 valence electrons. The van der Waals surface area contributed by atoms with Gasteiger partial charge in [0.15, 0.2) is 11.7 Å². The number of aryl methyl sites for hydroxylation is 1. The van der Waals surface area contributed by atoms with Crippen LogP contribution in [0.15, 0.2) is 40.9 Å². The summed E-state index contributed by atoms with van der Waals surface area (Å²) in [4.78, 5) is 18.7. The summed E-state index contributed by atoms with van der Waals surface area (Å²) in [6.07, 6.45) is 6.41. The highest BCUT2D eigenvalue weighted by atomic mass is 16.4. The second-order valence-electron chi connectivity index (χ2n) is 6.23. The second-order valence-corrected chi connectivity index (χ2v) is 6.23. The fourth-order valence-corrected chi connectivity index (χ4v) is 3.31. The third-order valence-corrected chi connectivity index (χ3v) is 4.56. The van der Waals surface area contributed by atoms with Crippen molar-refractivity contribution in [2.24, 2.45) is 0 Å². The zero-order valence-electron chi connectivity index (χ0n) is 13.9. The molecule has 0 bridgehead atoms. The van der Waals surface area contributed by atoms with Crippen LogP contribution in [-0.4, -0.2) is 40.1 Å². The molecule has 1 amide bonds. The smallest absolute Gasteiger partial charge is 0.223 e. The van der Waals surface area contributed by atoms with E-state index in [2.05, 4.69) is 4.98 Å². The van der Waals surface area contributed by atoms with E-state index in [4.69, 9.17) is 9.52 Å². The number of hydrogen-bond donors (Lipinski definition) is 1. The summed E-state index contributed by atoms with van der Waals surface area (Å²) in [5, 5.41) is 8.98. The standard InChI is InChI=1S/C19H24N2O3/c22-13-5-9-16-8-4-12-21(16)19(23)11-10-18-20-14-17(24-18)15-6-2-1-3-7-15/h1-3,6-7,14,16,22H,4-5,8-13H2. The number of benzene rings is 1. The van der Waals surface area contributed by atoms with Crippen molar-refractivity contribution >= 4 is 5.91 Å². The lowest BCUT2D eigenvalue weighted by Crippen LogP contribution is -2.35. The van der Waals surface area contributed by atoms with Crippen molar-refractivity contribution in [2.75, 3.05) is 13.2 Å². The van der Waals surface area contributed by atoms with E-state index in [0.717, 1.165) is 43.6 Å². The Labute approximate surface area is 142 Å². The number of oxazole rings is 1. The number of aliphatic hydroxyl groups is 1. The van der Waals surface area contributed by atoms with Gasteiger partial charge in [0.2, 0.25) is 5.91 Å². The molecule has 3 rings (SSSR count). The van der Waals surface area contributed by atoms with E-state index >= 15 is 0 Å². The quantitative estimate of drug-likeness (QED) is 0.848. The number of rotatable bonds is 7. The van der Waals surface area contributed by atoms with Crippen LogP contribution in [0.3, 0.4) is 0 Å². The highest BCUT2D eigenvalue weighted by Crippen LogP contribution is 2.23. The summed E-state index contributed by atoms with van der Waals surface area (Å²) in [6, 6.07) is 10.1. The fraction of sp³-hybridized carbons (Fsp3) is 0.474. The molecule has 5 nitrogen and oxygen atoms in total. The first-order valence-electron chi connectivity index (χ1n) is 8.68. The third kappa shape index (κ3) is 4.03. The molecule has 1 N–H and O–H groups in total.